The average Bonchev–Trinajstić information content (AvgIpc) is 2.14. The lowest BCUT2D eigenvalue weighted by atomic mass is 10.6. The Morgan fingerprint density at radius 3 is 2.93 bits per heavy atom. The van der Waals surface area contributed by atoms with Crippen molar-refractivity contribution in [3.8, 4) is 6.01 Å². The molecule has 1 aromatic rings. The van der Waals surface area contributed by atoms with Crippen LogP contribution in [-0.4, -0.2) is 42.4 Å². The van der Waals surface area contributed by atoms with Crippen LogP contribution in [0.15, 0.2) is 15.9 Å². The molecule has 0 saturated heterocycles. The summed E-state index contributed by atoms with van der Waals surface area (Å²) in [5, 5.41) is 0. The summed E-state index contributed by atoms with van der Waals surface area (Å²) in [6, 6.07) is 1.45. The topological polar surface area (TPSA) is 70.6 Å². The molecule has 0 fully saturated rings. The Bertz CT molecular complexity index is 383. The Hall–Kier alpha value is -1.85. The van der Waals surface area contributed by atoms with Gasteiger partial charge in [0.1, 0.15) is 0 Å². The predicted octanol–water partition coefficient (Wildman–Crippen LogP) is -0.000100. The molecule has 0 saturated carbocycles. The van der Waals surface area contributed by atoms with E-state index in [1.54, 1.807) is 11.2 Å². The standard InChI is InChI=1S/C8H12N4O2/c1-12(2)5-9-6-4-7(13)11-8(10-6)14-3/h4-5H,1-3H3,(H,10,11,13). The van der Waals surface area contributed by atoms with E-state index in [0.717, 1.165) is 0 Å². The van der Waals surface area contributed by atoms with E-state index in [-0.39, 0.29) is 11.6 Å². The second kappa shape index (κ2) is 4.40. The van der Waals surface area contributed by atoms with Crippen molar-refractivity contribution in [1.29, 1.82) is 0 Å². The number of methoxy groups -OCH3 is 1. The van der Waals surface area contributed by atoms with Gasteiger partial charge in [-0.1, -0.05) is 0 Å². The maximum absolute atomic E-state index is 11.1. The van der Waals surface area contributed by atoms with Gasteiger partial charge < -0.3 is 9.64 Å². The van der Waals surface area contributed by atoms with Crippen molar-refractivity contribution in [3.63, 3.8) is 0 Å². The molecule has 0 aromatic carbocycles. The maximum Gasteiger partial charge on any atom is 0.298 e. The van der Waals surface area contributed by atoms with Gasteiger partial charge in [0, 0.05) is 20.2 Å². The number of hydrogen-bond acceptors (Lipinski definition) is 4. The third-order valence-electron chi connectivity index (χ3n) is 1.32. The quantitative estimate of drug-likeness (QED) is 0.545. The van der Waals surface area contributed by atoms with E-state index in [1.807, 2.05) is 14.1 Å². The molecule has 0 unspecified atom stereocenters. The number of H-pyrrole nitrogens is 1. The number of rotatable bonds is 3. The van der Waals surface area contributed by atoms with E-state index in [2.05, 4.69) is 15.0 Å². The van der Waals surface area contributed by atoms with Crippen molar-refractivity contribution < 1.29 is 4.74 Å². The fourth-order valence-electron chi connectivity index (χ4n) is 0.760. The number of nitrogens with zero attached hydrogens (tertiary/aromatic N) is 3. The first kappa shape index (κ1) is 10.2. The molecule has 0 radical (unpaired) electrons. The van der Waals surface area contributed by atoms with Crippen LogP contribution in [-0.2, 0) is 0 Å². The Kier molecular flexibility index (Phi) is 3.22. The van der Waals surface area contributed by atoms with Crippen LogP contribution in [0.3, 0.4) is 0 Å². The molecule has 76 valence electrons. The molecule has 0 amide bonds. The summed E-state index contributed by atoms with van der Waals surface area (Å²) in [6.45, 7) is 0. The summed E-state index contributed by atoms with van der Waals surface area (Å²) in [6.07, 6.45) is 1.56. The van der Waals surface area contributed by atoms with Gasteiger partial charge in [0.05, 0.1) is 13.4 Å². The lowest BCUT2D eigenvalue weighted by Gasteiger charge is -2.02. The van der Waals surface area contributed by atoms with Crippen LogP contribution in [0.4, 0.5) is 5.82 Å². The number of nitrogens with one attached hydrogen (secondary N) is 1. The minimum absolute atomic E-state index is 0.156. The fraction of sp³-hybridized carbons (Fsp3) is 0.375. The summed E-state index contributed by atoms with van der Waals surface area (Å²) in [5.74, 6) is 0.319. The van der Waals surface area contributed by atoms with Crippen LogP contribution in [0.2, 0.25) is 0 Å². The van der Waals surface area contributed by atoms with Crippen molar-refractivity contribution in [3.05, 3.63) is 16.4 Å². The Morgan fingerprint density at radius 2 is 2.36 bits per heavy atom. The van der Waals surface area contributed by atoms with Crippen molar-refractivity contribution in [2.75, 3.05) is 21.2 Å². The molecule has 6 nitrogen and oxygen atoms in total. The van der Waals surface area contributed by atoms with Crippen molar-refractivity contribution in [2.45, 2.75) is 0 Å². The molecule has 0 bridgehead atoms. The van der Waals surface area contributed by atoms with E-state index in [0.29, 0.717) is 5.82 Å². The third kappa shape index (κ3) is 2.89. The number of aromatic nitrogens is 2. The van der Waals surface area contributed by atoms with Crippen LogP contribution in [0, 0.1) is 0 Å². The summed E-state index contributed by atoms with van der Waals surface area (Å²) >= 11 is 0. The Labute approximate surface area is 81.3 Å². The van der Waals surface area contributed by atoms with Crippen molar-refractivity contribution in [1.82, 2.24) is 14.9 Å². The van der Waals surface area contributed by atoms with Crippen LogP contribution in [0.1, 0.15) is 0 Å². The highest BCUT2D eigenvalue weighted by Crippen LogP contribution is 2.06. The van der Waals surface area contributed by atoms with E-state index in [9.17, 15) is 4.79 Å². The first-order valence-electron chi connectivity index (χ1n) is 3.98. The van der Waals surface area contributed by atoms with Crippen LogP contribution < -0.4 is 10.3 Å². The zero-order valence-electron chi connectivity index (χ0n) is 8.31. The summed E-state index contributed by atoms with van der Waals surface area (Å²) < 4.78 is 4.79. The SMILES string of the molecule is COc1nc(N=CN(C)C)cc(=O)[nH]1. The molecule has 0 aliphatic heterocycles. The Balaban J connectivity index is 2.98. The molecule has 0 atom stereocenters. The summed E-state index contributed by atoms with van der Waals surface area (Å²) in [7, 11) is 5.08. The highest BCUT2D eigenvalue weighted by molar-refractivity contribution is 5.58. The first-order valence-corrected chi connectivity index (χ1v) is 3.98. The van der Waals surface area contributed by atoms with Gasteiger partial charge >= 0.3 is 0 Å². The van der Waals surface area contributed by atoms with Crippen LogP contribution >= 0.6 is 0 Å². The largest absolute Gasteiger partial charge is 0.468 e. The molecule has 1 heterocycles. The molecule has 14 heavy (non-hydrogen) atoms. The van der Waals surface area contributed by atoms with E-state index in [4.69, 9.17) is 4.74 Å². The van der Waals surface area contributed by atoms with Gasteiger partial charge in [-0.2, -0.15) is 4.98 Å². The van der Waals surface area contributed by atoms with Gasteiger partial charge in [0.15, 0.2) is 5.82 Å². The number of ether oxygens (including phenoxy) is 1. The zero-order valence-corrected chi connectivity index (χ0v) is 8.31. The maximum atomic E-state index is 11.1. The minimum Gasteiger partial charge on any atom is -0.468 e. The number of hydrogen-bond donors (Lipinski definition) is 1. The highest BCUT2D eigenvalue weighted by Gasteiger charge is 1.98. The summed E-state index contributed by atoms with van der Waals surface area (Å²) in [5.41, 5.74) is -0.289. The molecule has 0 spiro atoms. The second-order valence-corrected chi connectivity index (χ2v) is 2.82. The fourth-order valence-corrected chi connectivity index (χ4v) is 0.760. The highest BCUT2D eigenvalue weighted by atomic mass is 16.5. The lowest BCUT2D eigenvalue weighted by Crippen LogP contribution is -2.09. The van der Waals surface area contributed by atoms with Gasteiger partial charge in [0.25, 0.3) is 11.6 Å². The average molecular weight is 196 g/mol. The Morgan fingerprint density at radius 1 is 1.64 bits per heavy atom. The zero-order chi connectivity index (χ0) is 10.6. The lowest BCUT2D eigenvalue weighted by molar-refractivity contribution is 0.379. The smallest absolute Gasteiger partial charge is 0.298 e. The van der Waals surface area contributed by atoms with Gasteiger partial charge in [-0.3, -0.25) is 9.78 Å². The van der Waals surface area contributed by atoms with E-state index in [1.165, 1.54) is 13.2 Å². The molecular weight excluding hydrogens is 184 g/mol. The molecule has 1 aromatic heterocycles. The molecule has 6 heteroatoms. The van der Waals surface area contributed by atoms with Crippen LogP contribution in [0.5, 0.6) is 6.01 Å². The normalized spacial score (nSPS) is 10.5. The van der Waals surface area contributed by atoms with Gasteiger partial charge in [0.2, 0.25) is 0 Å². The molecule has 1 N–H and O–H groups in total. The van der Waals surface area contributed by atoms with Crippen molar-refractivity contribution in [2.24, 2.45) is 4.99 Å². The van der Waals surface area contributed by atoms with E-state index >= 15 is 0 Å². The second-order valence-electron chi connectivity index (χ2n) is 2.82. The minimum atomic E-state index is -0.289. The molecule has 0 aliphatic carbocycles. The first-order chi connectivity index (χ1) is 6.61. The van der Waals surface area contributed by atoms with Gasteiger partial charge in [-0.25, -0.2) is 4.99 Å². The third-order valence-corrected chi connectivity index (χ3v) is 1.32. The van der Waals surface area contributed by atoms with Gasteiger partial charge in [-0.05, 0) is 0 Å². The molecular formula is C8H12N4O2. The van der Waals surface area contributed by atoms with Crippen LogP contribution in [0.25, 0.3) is 0 Å². The number of aliphatic imine (C=N–C) groups is 1. The molecule has 0 aliphatic rings. The van der Waals surface area contributed by atoms with E-state index < -0.39 is 0 Å². The predicted molar refractivity (Wildman–Crippen MR) is 53.2 cm³/mol. The monoisotopic (exact) mass is 196 g/mol. The summed E-state index contributed by atoms with van der Waals surface area (Å²) in [4.78, 5) is 23.1. The number of aromatic amines is 1. The van der Waals surface area contributed by atoms with Gasteiger partial charge in [-0.15, -0.1) is 0 Å². The molecule has 1 rings (SSSR count). The van der Waals surface area contributed by atoms with Crippen molar-refractivity contribution >= 4 is 12.2 Å².